The Balaban J connectivity index is 0.947. The van der Waals surface area contributed by atoms with Gasteiger partial charge in [0, 0.05) is 50.0 Å². The summed E-state index contributed by atoms with van der Waals surface area (Å²) in [6, 6.07) is 108. The summed E-state index contributed by atoms with van der Waals surface area (Å²) in [5.74, 6) is 0. The quantitative estimate of drug-likeness (QED) is 0.152. The zero-order valence-corrected chi connectivity index (χ0v) is 52.9. The minimum absolute atomic E-state index is 0.0535. The van der Waals surface area contributed by atoms with E-state index in [4.69, 9.17) is 8.83 Å². The minimum atomic E-state index is -0.857. The van der Waals surface area contributed by atoms with E-state index in [9.17, 15) is 0 Å². The van der Waals surface area contributed by atoms with E-state index in [2.05, 4.69) is 343 Å². The maximum Gasteiger partial charge on any atom is 0.160 e. The van der Waals surface area contributed by atoms with Crippen LogP contribution < -0.4 is 9.80 Å². The third-order valence-electron chi connectivity index (χ3n) is 20.1. The average molecular weight is 1200 g/mol. The molecule has 16 aromatic rings. The molecule has 0 N–H and O–H groups in total. The van der Waals surface area contributed by atoms with Crippen LogP contribution in [-0.2, 0) is 16.2 Å². The Morgan fingerprint density at radius 1 is 0.290 bits per heavy atom. The topological polar surface area (TPSA) is 32.8 Å². The van der Waals surface area contributed by atoms with Crippen molar-refractivity contribution in [1.29, 1.82) is 0 Å². The molecule has 14 aromatic carbocycles. The molecule has 2 aliphatic carbocycles. The first-order chi connectivity index (χ1) is 45.4. The summed E-state index contributed by atoms with van der Waals surface area (Å²) in [7, 11) is 0. The molecule has 4 nitrogen and oxygen atoms in total. The van der Waals surface area contributed by atoms with Gasteiger partial charge in [-0.2, -0.15) is 0 Å². The van der Waals surface area contributed by atoms with Gasteiger partial charge in [0.1, 0.15) is 16.7 Å². The lowest BCUT2D eigenvalue weighted by Gasteiger charge is -2.33. The van der Waals surface area contributed by atoms with E-state index >= 15 is 0 Å². The zero-order chi connectivity index (χ0) is 62.5. The van der Waals surface area contributed by atoms with Gasteiger partial charge in [-0.1, -0.05) is 248 Å². The molecule has 0 bridgehead atoms. The van der Waals surface area contributed by atoms with E-state index in [1.54, 1.807) is 0 Å². The van der Waals surface area contributed by atoms with Gasteiger partial charge in [0.2, 0.25) is 0 Å². The zero-order valence-electron chi connectivity index (χ0n) is 52.9. The van der Waals surface area contributed by atoms with Crippen molar-refractivity contribution in [3.8, 4) is 44.5 Å². The predicted molar refractivity (Wildman–Crippen MR) is 390 cm³/mol. The SMILES string of the molecule is CC(C)(C)c1ccc(N(c2ccc(-c3ccc4ccccc4c3)cc2)c2cc3c(c4c2oc2ccccc24)-c2c(cc(N(c4ccc(-c5ccc6ccccc6c5)cc4)c4ccc(C(C)(C)C)cc4)c4c2oc2ccccc24)C32c3ccccc3-c3ccccc32)cc1. The summed E-state index contributed by atoms with van der Waals surface area (Å²) < 4.78 is 15.2. The molecule has 0 atom stereocenters. The maximum absolute atomic E-state index is 7.67. The number of furan rings is 2. The number of hydrogen-bond donors (Lipinski definition) is 0. The fraction of sp³-hybridized carbons (Fsp3) is 0.101. The number of benzene rings is 14. The molecule has 1 spiro atoms. The standard InChI is InChI=1S/C89H66N2O2/c1-87(2,3)63-39-47-67(48-40-63)90(65-43-35-57(36-44-65)61-33-31-55-19-7-9-21-59(55)51-61)77-53-76-84(86-81(77)71-25-13-17-29-79(71)93-86)83-75(89(76)73-27-15-11-23-69(73)70-24-12-16-28-74(70)89)54-78(85-82(83)72-26-14-18-30-80(72)92-85)91(68-49-41-64(42-50-68)88(4,5)6)66-45-37-58(38-46-66)62-34-32-56-20-8-10-22-60(56)52-62/h7-54H,1-6H3. The Hall–Kier alpha value is -11.2. The summed E-state index contributed by atoms with van der Waals surface area (Å²) >= 11 is 0. The van der Waals surface area contributed by atoms with Gasteiger partial charge < -0.3 is 18.6 Å². The average Bonchev–Trinajstić information content (AvgIpc) is 1.49. The van der Waals surface area contributed by atoms with Crippen LogP contribution in [0.1, 0.15) is 74.9 Å². The molecule has 2 aliphatic rings. The number of hydrogen-bond acceptors (Lipinski definition) is 4. The van der Waals surface area contributed by atoms with Crippen molar-refractivity contribution in [1.82, 2.24) is 0 Å². The molecule has 0 fully saturated rings. The molecule has 444 valence electrons. The maximum atomic E-state index is 7.67. The summed E-state index contributed by atoms with van der Waals surface area (Å²) in [5.41, 5.74) is 25.0. The van der Waals surface area contributed by atoms with Crippen molar-refractivity contribution < 1.29 is 8.83 Å². The molecule has 0 amide bonds. The van der Waals surface area contributed by atoms with Gasteiger partial charge in [0.05, 0.1) is 22.2 Å². The lowest BCUT2D eigenvalue weighted by molar-refractivity contribution is 0.590. The highest BCUT2D eigenvalue weighted by Crippen LogP contribution is 2.68. The monoisotopic (exact) mass is 1190 g/mol. The Bertz CT molecular complexity index is 5650. The molecule has 18 rings (SSSR count). The summed E-state index contributed by atoms with van der Waals surface area (Å²) in [6.07, 6.45) is 0. The molecule has 0 radical (unpaired) electrons. The van der Waals surface area contributed by atoms with Gasteiger partial charge >= 0.3 is 0 Å². The summed E-state index contributed by atoms with van der Waals surface area (Å²) in [5, 5.41) is 9.08. The van der Waals surface area contributed by atoms with Gasteiger partial charge in [-0.05, 0) is 184 Å². The first-order valence-corrected chi connectivity index (χ1v) is 32.5. The second-order valence-corrected chi connectivity index (χ2v) is 27.6. The highest BCUT2D eigenvalue weighted by Gasteiger charge is 2.54. The first kappa shape index (κ1) is 54.7. The van der Waals surface area contributed by atoms with Crippen molar-refractivity contribution in [2.24, 2.45) is 0 Å². The van der Waals surface area contributed by atoms with Gasteiger partial charge in [-0.15, -0.1) is 0 Å². The van der Waals surface area contributed by atoms with Gasteiger partial charge in [-0.3, -0.25) is 0 Å². The first-order valence-electron chi connectivity index (χ1n) is 32.5. The van der Waals surface area contributed by atoms with Crippen LogP contribution in [0.2, 0.25) is 0 Å². The van der Waals surface area contributed by atoms with Gasteiger partial charge in [-0.25, -0.2) is 0 Å². The van der Waals surface area contributed by atoms with Crippen molar-refractivity contribution in [2.75, 3.05) is 9.80 Å². The van der Waals surface area contributed by atoms with Crippen molar-refractivity contribution in [3.63, 3.8) is 0 Å². The molecule has 0 unspecified atom stereocenters. The number of nitrogens with zero attached hydrogens (tertiary/aromatic N) is 2. The molecule has 4 heteroatoms. The van der Waals surface area contributed by atoms with Crippen LogP contribution in [0, 0.1) is 0 Å². The Kier molecular flexibility index (Phi) is 12.0. The van der Waals surface area contributed by atoms with Gasteiger partial charge in [0.25, 0.3) is 0 Å². The molecular weight excluding hydrogens is 1130 g/mol. The van der Waals surface area contributed by atoms with Crippen LogP contribution in [0.25, 0.3) is 110 Å². The fourth-order valence-corrected chi connectivity index (χ4v) is 15.6. The van der Waals surface area contributed by atoms with E-state index in [1.807, 2.05) is 0 Å². The van der Waals surface area contributed by atoms with E-state index in [1.165, 1.54) is 71.6 Å². The third kappa shape index (κ3) is 8.37. The Morgan fingerprint density at radius 2 is 0.667 bits per heavy atom. The van der Waals surface area contributed by atoms with Gasteiger partial charge in [0.15, 0.2) is 5.58 Å². The smallest absolute Gasteiger partial charge is 0.160 e. The lowest BCUT2D eigenvalue weighted by Crippen LogP contribution is -2.26. The Labute approximate surface area is 541 Å². The van der Waals surface area contributed by atoms with E-state index in [0.29, 0.717) is 0 Å². The number of para-hydroxylation sites is 2. The summed E-state index contributed by atoms with van der Waals surface area (Å²) in [6.45, 7) is 13.7. The molecule has 93 heavy (non-hydrogen) atoms. The number of rotatable bonds is 8. The molecule has 0 saturated heterocycles. The van der Waals surface area contributed by atoms with Crippen LogP contribution in [0.15, 0.2) is 300 Å². The van der Waals surface area contributed by atoms with Crippen LogP contribution in [0.4, 0.5) is 34.1 Å². The van der Waals surface area contributed by atoms with Crippen LogP contribution in [0.5, 0.6) is 0 Å². The highest BCUT2D eigenvalue weighted by molar-refractivity contribution is 6.26. The lowest BCUT2D eigenvalue weighted by atomic mass is 9.70. The molecule has 0 aliphatic heterocycles. The van der Waals surface area contributed by atoms with E-state index in [0.717, 1.165) is 106 Å². The van der Waals surface area contributed by atoms with Crippen LogP contribution in [-0.4, -0.2) is 0 Å². The predicted octanol–water partition coefficient (Wildman–Crippen LogP) is 25.0. The molecule has 2 aromatic heterocycles. The van der Waals surface area contributed by atoms with E-state index < -0.39 is 5.41 Å². The fourth-order valence-electron chi connectivity index (χ4n) is 15.6. The molecule has 0 saturated carbocycles. The highest BCUT2D eigenvalue weighted by atomic mass is 16.3. The van der Waals surface area contributed by atoms with Crippen molar-refractivity contribution >= 4 is 99.5 Å². The number of anilines is 6. The van der Waals surface area contributed by atoms with E-state index in [-0.39, 0.29) is 10.8 Å². The second-order valence-electron chi connectivity index (χ2n) is 27.6. The second kappa shape index (κ2) is 20.4. The number of fused-ring (bicyclic) bond motifs is 20. The molecular formula is C89H66N2O2. The minimum Gasteiger partial charge on any atom is -0.455 e. The third-order valence-corrected chi connectivity index (χ3v) is 20.1. The van der Waals surface area contributed by atoms with Crippen LogP contribution in [0.3, 0.4) is 0 Å². The van der Waals surface area contributed by atoms with Crippen molar-refractivity contribution in [2.45, 2.75) is 57.8 Å². The largest absolute Gasteiger partial charge is 0.455 e. The van der Waals surface area contributed by atoms with Crippen molar-refractivity contribution in [3.05, 3.63) is 325 Å². The van der Waals surface area contributed by atoms with Crippen LogP contribution >= 0.6 is 0 Å². The Morgan fingerprint density at radius 3 is 1.16 bits per heavy atom. The summed E-state index contributed by atoms with van der Waals surface area (Å²) in [4.78, 5) is 4.93. The normalized spacial score (nSPS) is 13.1. The molecule has 2 heterocycles.